The highest BCUT2D eigenvalue weighted by Crippen LogP contribution is 2.41. The molecule has 0 N–H and O–H groups in total. The van der Waals surface area contributed by atoms with E-state index in [1.165, 1.54) is 59.6 Å². The van der Waals surface area contributed by atoms with E-state index in [1.807, 2.05) is 0 Å². The van der Waals surface area contributed by atoms with Crippen LogP contribution in [0.2, 0.25) is 0 Å². The fraction of sp³-hybridized carbons (Fsp3) is 0. The fourth-order valence-electron chi connectivity index (χ4n) is 7.56. The summed E-state index contributed by atoms with van der Waals surface area (Å²) in [6.07, 6.45) is 0. The van der Waals surface area contributed by atoms with Gasteiger partial charge in [0.25, 0.3) is 0 Å². The molecule has 0 saturated carbocycles. The van der Waals surface area contributed by atoms with Crippen molar-refractivity contribution in [2.24, 2.45) is 0 Å². The van der Waals surface area contributed by atoms with E-state index in [0.717, 1.165) is 33.1 Å². The third-order valence-electron chi connectivity index (χ3n) is 10.3. The van der Waals surface area contributed by atoms with Crippen LogP contribution >= 0.6 is 11.3 Å². The van der Waals surface area contributed by atoms with Gasteiger partial charge >= 0.3 is 0 Å². The maximum atomic E-state index is 5.17. The zero-order valence-corrected chi connectivity index (χ0v) is 30.2. The van der Waals surface area contributed by atoms with Crippen LogP contribution in [0.3, 0.4) is 0 Å². The van der Waals surface area contributed by atoms with Crippen LogP contribution in [0.4, 0.5) is 17.1 Å². The molecule has 0 fully saturated rings. The van der Waals surface area contributed by atoms with Crippen LogP contribution in [0.5, 0.6) is 0 Å². The Labute approximate surface area is 318 Å². The lowest BCUT2D eigenvalue weighted by Crippen LogP contribution is -2.10. The smallest absolute Gasteiger partial charge is 0.124 e. The van der Waals surface area contributed by atoms with Gasteiger partial charge in [0.1, 0.15) is 5.01 Å². The molecule has 0 radical (unpaired) electrons. The third kappa shape index (κ3) is 5.91. The lowest BCUT2D eigenvalue weighted by Gasteiger charge is -2.26. The molecule has 0 spiro atoms. The average Bonchev–Trinajstić information content (AvgIpc) is 3.70. The maximum Gasteiger partial charge on any atom is 0.124 e. The van der Waals surface area contributed by atoms with Gasteiger partial charge in [-0.2, -0.15) is 0 Å². The van der Waals surface area contributed by atoms with Crippen LogP contribution in [0.1, 0.15) is 0 Å². The number of benzene rings is 9. The number of hydrogen-bond donors (Lipinski definition) is 0. The number of thiazole rings is 1. The average molecular weight is 707 g/mol. The first-order valence-corrected chi connectivity index (χ1v) is 19.1. The Morgan fingerprint density at radius 3 is 1.52 bits per heavy atom. The van der Waals surface area contributed by atoms with Crippen LogP contribution in [0, 0.1) is 0 Å². The second-order valence-electron chi connectivity index (χ2n) is 13.6. The highest BCUT2D eigenvalue weighted by Gasteiger charge is 2.16. The molecule has 3 heteroatoms. The van der Waals surface area contributed by atoms with E-state index in [-0.39, 0.29) is 0 Å². The van der Waals surface area contributed by atoms with Crippen molar-refractivity contribution in [2.75, 3.05) is 4.90 Å². The minimum atomic E-state index is 1.06. The van der Waals surface area contributed by atoms with Crippen molar-refractivity contribution in [3.05, 3.63) is 206 Å². The SMILES string of the molecule is c1ccc(-c2ccc(N(c3ccc(-c4ccc5c(ccc6ccc7sc(-c8ccccc8)nc7c65)c4)cc3)c3cccc(-c4ccccc4)c3)cc2)cc1. The molecular weight excluding hydrogens is 673 g/mol. The predicted molar refractivity (Wildman–Crippen MR) is 231 cm³/mol. The van der Waals surface area contributed by atoms with Gasteiger partial charge in [-0.05, 0) is 98.1 Å². The molecule has 0 aliphatic carbocycles. The van der Waals surface area contributed by atoms with Crippen LogP contribution in [-0.2, 0) is 0 Å². The summed E-state index contributed by atoms with van der Waals surface area (Å²) >= 11 is 1.76. The standard InChI is InChI=1S/C51H34N2S/c1-4-11-35(12-5-1)37-21-27-44(28-22-37)53(46-18-10-17-41(34-46)36-13-6-2-7-14-36)45-29-23-38(24-30-45)42-25-31-47-43(33-42)20-19-39-26-32-48-50(49(39)47)52-51(54-48)40-15-8-3-9-16-40/h1-34H. The van der Waals surface area contributed by atoms with Crippen molar-refractivity contribution in [3.8, 4) is 44.0 Å². The Kier molecular flexibility index (Phi) is 8.05. The first-order chi connectivity index (χ1) is 26.7. The Morgan fingerprint density at radius 1 is 0.352 bits per heavy atom. The number of rotatable bonds is 7. The minimum Gasteiger partial charge on any atom is -0.310 e. The third-order valence-corrected chi connectivity index (χ3v) is 11.3. The van der Waals surface area contributed by atoms with Crippen LogP contribution in [0.25, 0.3) is 75.7 Å². The largest absolute Gasteiger partial charge is 0.310 e. The molecule has 0 bridgehead atoms. The molecule has 54 heavy (non-hydrogen) atoms. The summed E-state index contributed by atoms with van der Waals surface area (Å²) in [5.41, 5.74) is 12.7. The van der Waals surface area contributed by atoms with Gasteiger partial charge in [0.2, 0.25) is 0 Å². The summed E-state index contributed by atoms with van der Waals surface area (Å²) in [6.45, 7) is 0. The van der Waals surface area contributed by atoms with Crippen molar-refractivity contribution >= 4 is 60.2 Å². The molecule has 0 saturated heterocycles. The van der Waals surface area contributed by atoms with E-state index in [2.05, 4.69) is 211 Å². The van der Waals surface area contributed by atoms with E-state index in [0.29, 0.717) is 0 Å². The lowest BCUT2D eigenvalue weighted by molar-refractivity contribution is 1.28. The molecule has 0 amide bonds. The summed E-state index contributed by atoms with van der Waals surface area (Å²) < 4.78 is 1.21. The van der Waals surface area contributed by atoms with Gasteiger partial charge in [0.05, 0.1) is 10.2 Å². The monoisotopic (exact) mass is 706 g/mol. The highest BCUT2D eigenvalue weighted by atomic mass is 32.1. The van der Waals surface area contributed by atoms with Gasteiger partial charge in [-0.1, -0.05) is 158 Å². The zero-order chi connectivity index (χ0) is 35.8. The summed E-state index contributed by atoms with van der Waals surface area (Å²) in [4.78, 5) is 7.52. The molecule has 0 aliphatic rings. The molecule has 254 valence electrons. The van der Waals surface area contributed by atoms with Gasteiger partial charge in [0, 0.05) is 28.0 Å². The molecule has 0 aliphatic heterocycles. The molecule has 0 atom stereocenters. The Bertz CT molecular complexity index is 2900. The van der Waals surface area contributed by atoms with Crippen molar-refractivity contribution in [3.63, 3.8) is 0 Å². The van der Waals surface area contributed by atoms with Gasteiger partial charge in [-0.15, -0.1) is 11.3 Å². The first-order valence-electron chi connectivity index (χ1n) is 18.3. The molecule has 10 rings (SSSR count). The van der Waals surface area contributed by atoms with Crippen LogP contribution in [-0.4, -0.2) is 4.98 Å². The first kappa shape index (κ1) is 31.9. The quantitative estimate of drug-likeness (QED) is 0.153. The number of hydrogen-bond acceptors (Lipinski definition) is 3. The van der Waals surface area contributed by atoms with Crippen molar-refractivity contribution in [1.82, 2.24) is 4.98 Å². The second-order valence-corrected chi connectivity index (χ2v) is 14.6. The van der Waals surface area contributed by atoms with E-state index >= 15 is 0 Å². The van der Waals surface area contributed by atoms with E-state index in [1.54, 1.807) is 11.3 Å². The molecule has 10 aromatic rings. The molecular formula is C51H34N2S. The predicted octanol–water partition coefficient (Wildman–Crippen LogP) is 14.7. The van der Waals surface area contributed by atoms with Crippen LogP contribution in [0.15, 0.2) is 206 Å². The number of anilines is 3. The van der Waals surface area contributed by atoms with Crippen LogP contribution < -0.4 is 4.90 Å². The highest BCUT2D eigenvalue weighted by molar-refractivity contribution is 7.21. The fourth-order valence-corrected chi connectivity index (χ4v) is 8.54. The van der Waals surface area contributed by atoms with Crippen molar-refractivity contribution in [2.45, 2.75) is 0 Å². The summed E-state index contributed by atoms with van der Waals surface area (Å²) in [6, 6.07) is 74.0. The Balaban J connectivity index is 1.03. The van der Waals surface area contributed by atoms with Gasteiger partial charge in [-0.25, -0.2) is 4.98 Å². The van der Waals surface area contributed by atoms with Crippen molar-refractivity contribution in [1.29, 1.82) is 0 Å². The molecule has 1 aromatic heterocycles. The van der Waals surface area contributed by atoms with Gasteiger partial charge in [-0.3, -0.25) is 0 Å². The van der Waals surface area contributed by atoms with Crippen molar-refractivity contribution < 1.29 is 0 Å². The number of fused-ring (bicyclic) bond motifs is 5. The summed E-state index contributed by atoms with van der Waals surface area (Å²) in [5, 5.41) is 5.93. The Morgan fingerprint density at radius 2 is 0.852 bits per heavy atom. The normalized spacial score (nSPS) is 11.3. The topological polar surface area (TPSA) is 16.1 Å². The molecule has 9 aromatic carbocycles. The second kappa shape index (κ2) is 13.6. The Hall–Kier alpha value is -6.81. The minimum absolute atomic E-state index is 1.06. The zero-order valence-electron chi connectivity index (χ0n) is 29.4. The summed E-state index contributed by atoms with van der Waals surface area (Å²) in [5.74, 6) is 0. The van der Waals surface area contributed by atoms with E-state index in [9.17, 15) is 0 Å². The van der Waals surface area contributed by atoms with E-state index < -0.39 is 0 Å². The maximum absolute atomic E-state index is 5.17. The van der Waals surface area contributed by atoms with Gasteiger partial charge < -0.3 is 4.90 Å². The molecule has 2 nitrogen and oxygen atoms in total. The molecule has 1 heterocycles. The number of aromatic nitrogens is 1. The molecule has 0 unspecified atom stereocenters. The van der Waals surface area contributed by atoms with E-state index in [4.69, 9.17) is 4.98 Å². The lowest BCUT2D eigenvalue weighted by atomic mass is 9.96. The van der Waals surface area contributed by atoms with Gasteiger partial charge in [0.15, 0.2) is 0 Å². The summed E-state index contributed by atoms with van der Waals surface area (Å²) in [7, 11) is 0. The number of nitrogens with zero attached hydrogens (tertiary/aromatic N) is 2.